The number of carbonyl (C=O) groups is 2. The van der Waals surface area contributed by atoms with Gasteiger partial charge in [-0.3, -0.25) is 14.5 Å². The molecule has 146 valence electrons. The highest BCUT2D eigenvalue weighted by atomic mass is 127. The fraction of sp³-hybridized carbons (Fsp3) is 0.211. The molecule has 3 rings (SSSR count). The molecule has 2 amide bonds. The van der Waals surface area contributed by atoms with Gasteiger partial charge in [0.15, 0.2) is 0 Å². The summed E-state index contributed by atoms with van der Waals surface area (Å²) in [6.07, 6.45) is -1.12. The Hall–Kier alpha value is -2.69. The molecule has 1 fully saturated rings. The van der Waals surface area contributed by atoms with Crippen LogP contribution in [0.2, 0.25) is 0 Å². The van der Waals surface area contributed by atoms with Gasteiger partial charge in [-0.15, -0.1) is 0 Å². The molecule has 2 aromatic rings. The maximum atomic E-state index is 14.6. The molecule has 0 radical (unpaired) electrons. The van der Waals surface area contributed by atoms with Gasteiger partial charge in [-0.1, -0.05) is 6.07 Å². The molecular formula is C19H17FIN3O4. The highest BCUT2D eigenvalue weighted by Crippen LogP contribution is 2.27. The predicted molar refractivity (Wildman–Crippen MR) is 111 cm³/mol. The first kappa shape index (κ1) is 20.1. The highest BCUT2D eigenvalue weighted by Gasteiger charge is 2.32. The van der Waals surface area contributed by atoms with Crippen LogP contribution in [0.3, 0.4) is 0 Å². The van der Waals surface area contributed by atoms with E-state index in [0.717, 1.165) is 3.57 Å². The van der Waals surface area contributed by atoms with E-state index in [9.17, 15) is 18.8 Å². The molecule has 28 heavy (non-hydrogen) atoms. The Labute approximate surface area is 174 Å². The summed E-state index contributed by atoms with van der Waals surface area (Å²) >= 11 is 2.07. The van der Waals surface area contributed by atoms with Crippen molar-refractivity contribution in [1.29, 1.82) is 0 Å². The molecule has 0 saturated carbocycles. The van der Waals surface area contributed by atoms with Crippen LogP contribution < -0.4 is 21.0 Å². The number of hydrogen-bond donors (Lipinski definition) is 2. The second kappa shape index (κ2) is 8.55. The fourth-order valence-electron chi connectivity index (χ4n) is 2.69. The summed E-state index contributed by atoms with van der Waals surface area (Å²) in [5, 5.41) is 5.38. The van der Waals surface area contributed by atoms with Crippen molar-refractivity contribution >= 4 is 51.7 Å². The van der Waals surface area contributed by atoms with Gasteiger partial charge in [0.2, 0.25) is 11.3 Å². The van der Waals surface area contributed by atoms with Gasteiger partial charge in [0.25, 0.3) is 0 Å². The standard InChI is InChI=1S/C19H17FIN3O4/c1-11(25)22-9-14-10-24(19(27)28-14)13-5-6-16(15(20)8-13)23-17-7-12(21)3-2-4-18(17)26/h2-8,14H,9-10H2,1H3,(H,22,25)(H,23,26)/t14-/m0/s1. The zero-order valence-electron chi connectivity index (χ0n) is 14.9. The number of benzene rings is 1. The van der Waals surface area contributed by atoms with E-state index in [1.807, 2.05) is 0 Å². The van der Waals surface area contributed by atoms with E-state index in [0.29, 0.717) is 5.69 Å². The first-order valence-electron chi connectivity index (χ1n) is 8.42. The smallest absolute Gasteiger partial charge is 0.414 e. The van der Waals surface area contributed by atoms with Crippen molar-refractivity contribution in [3.05, 3.63) is 62.1 Å². The van der Waals surface area contributed by atoms with E-state index in [-0.39, 0.29) is 35.8 Å². The minimum atomic E-state index is -0.614. The van der Waals surface area contributed by atoms with Crippen molar-refractivity contribution in [2.75, 3.05) is 23.3 Å². The van der Waals surface area contributed by atoms with Crippen LogP contribution in [0.5, 0.6) is 0 Å². The van der Waals surface area contributed by atoms with Crippen molar-refractivity contribution in [1.82, 2.24) is 5.32 Å². The zero-order chi connectivity index (χ0) is 20.3. The van der Waals surface area contributed by atoms with Crippen LogP contribution in [-0.4, -0.2) is 31.2 Å². The Bertz CT molecular complexity index is 985. The van der Waals surface area contributed by atoms with Gasteiger partial charge in [0.1, 0.15) is 11.9 Å². The Morgan fingerprint density at radius 1 is 1.25 bits per heavy atom. The number of rotatable bonds is 5. The summed E-state index contributed by atoms with van der Waals surface area (Å²) in [5.74, 6) is -0.839. The number of cyclic esters (lactones) is 1. The molecule has 2 N–H and O–H groups in total. The highest BCUT2D eigenvalue weighted by molar-refractivity contribution is 14.1. The van der Waals surface area contributed by atoms with Crippen LogP contribution in [-0.2, 0) is 9.53 Å². The lowest BCUT2D eigenvalue weighted by atomic mass is 10.2. The third-order valence-electron chi connectivity index (χ3n) is 4.04. The maximum Gasteiger partial charge on any atom is 0.414 e. The van der Waals surface area contributed by atoms with Gasteiger partial charge in [0.05, 0.1) is 30.2 Å². The number of hydrogen-bond acceptors (Lipinski definition) is 5. The van der Waals surface area contributed by atoms with Gasteiger partial charge >= 0.3 is 6.09 Å². The molecular weight excluding hydrogens is 480 g/mol. The Morgan fingerprint density at radius 3 is 2.75 bits per heavy atom. The first-order chi connectivity index (χ1) is 13.3. The first-order valence-corrected chi connectivity index (χ1v) is 9.50. The summed E-state index contributed by atoms with van der Waals surface area (Å²) in [5.41, 5.74) is 0.423. The minimum absolute atomic E-state index is 0.116. The average molecular weight is 497 g/mol. The lowest BCUT2D eigenvalue weighted by Gasteiger charge is -2.15. The number of carbonyl (C=O) groups excluding carboxylic acids is 2. The zero-order valence-corrected chi connectivity index (χ0v) is 17.0. The van der Waals surface area contributed by atoms with E-state index in [2.05, 4.69) is 33.2 Å². The summed E-state index contributed by atoms with van der Waals surface area (Å²) in [7, 11) is 0. The second-order valence-electron chi connectivity index (χ2n) is 6.18. The Kier molecular flexibility index (Phi) is 6.12. The molecule has 1 heterocycles. The second-order valence-corrected chi connectivity index (χ2v) is 7.42. The molecule has 2 aromatic carbocycles. The third-order valence-corrected chi connectivity index (χ3v) is 4.71. The van der Waals surface area contributed by atoms with Gasteiger partial charge in [0, 0.05) is 10.5 Å². The SMILES string of the molecule is CC(=O)NC[C@H]1CN(c2ccc(Nc3cc(I)cccc3=O)c(F)c2)C(=O)O1. The Balaban J connectivity index is 1.77. The van der Waals surface area contributed by atoms with E-state index < -0.39 is 18.0 Å². The molecule has 7 nitrogen and oxygen atoms in total. The van der Waals surface area contributed by atoms with Crippen LogP contribution in [0.25, 0.3) is 0 Å². The molecule has 0 spiro atoms. The van der Waals surface area contributed by atoms with Crippen LogP contribution in [0.4, 0.5) is 26.2 Å². The number of nitrogens with zero attached hydrogens (tertiary/aromatic N) is 1. The average Bonchev–Trinajstić information content (AvgIpc) is 2.93. The van der Waals surface area contributed by atoms with Crippen LogP contribution in [0.1, 0.15) is 6.92 Å². The monoisotopic (exact) mass is 497 g/mol. The van der Waals surface area contributed by atoms with Crippen LogP contribution in [0.15, 0.2) is 47.3 Å². The lowest BCUT2D eigenvalue weighted by molar-refractivity contribution is -0.119. The van der Waals surface area contributed by atoms with Crippen molar-refractivity contribution in [3.63, 3.8) is 0 Å². The number of nitrogens with one attached hydrogen (secondary N) is 2. The van der Waals surface area contributed by atoms with Gasteiger partial charge in [-0.25, -0.2) is 9.18 Å². The fourth-order valence-corrected chi connectivity index (χ4v) is 3.21. The summed E-state index contributed by atoms with van der Waals surface area (Å²) in [6, 6.07) is 10.6. The molecule has 1 saturated heterocycles. The minimum Gasteiger partial charge on any atom is -0.442 e. The molecule has 0 unspecified atom stereocenters. The number of amides is 2. The molecule has 0 aliphatic carbocycles. The maximum absolute atomic E-state index is 14.6. The number of halogens is 2. The number of ether oxygens (including phenoxy) is 1. The van der Waals surface area contributed by atoms with Crippen molar-refractivity contribution in [2.24, 2.45) is 0 Å². The van der Waals surface area contributed by atoms with E-state index in [1.165, 1.54) is 30.0 Å². The van der Waals surface area contributed by atoms with Crippen molar-refractivity contribution < 1.29 is 18.7 Å². The molecule has 0 aromatic heterocycles. The third kappa shape index (κ3) is 4.77. The molecule has 0 bridgehead atoms. The summed E-state index contributed by atoms with van der Waals surface area (Å²) in [6.45, 7) is 1.76. The van der Waals surface area contributed by atoms with Crippen LogP contribution >= 0.6 is 22.6 Å². The van der Waals surface area contributed by atoms with E-state index >= 15 is 0 Å². The van der Waals surface area contributed by atoms with Crippen LogP contribution in [0, 0.1) is 9.39 Å². The summed E-state index contributed by atoms with van der Waals surface area (Å²) < 4.78 is 20.6. The van der Waals surface area contributed by atoms with Gasteiger partial charge in [-0.05, 0) is 59.0 Å². The normalized spacial score (nSPS) is 15.9. The Morgan fingerprint density at radius 2 is 2.04 bits per heavy atom. The molecule has 1 atom stereocenters. The quantitative estimate of drug-likeness (QED) is 0.621. The molecule has 9 heteroatoms. The topological polar surface area (TPSA) is 87.7 Å². The lowest BCUT2D eigenvalue weighted by Crippen LogP contribution is -2.33. The predicted octanol–water partition coefficient (Wildman–Crippen LogP) is 3.00. The largest absolute Gasteiger partial charge is 0.442 e. The van der Waals surface area contributed by atoms with Crippen molar-refractivity contribution in [3.8, 4) is 0 Å². The van der Waals surface area contributed by atoms with E-state index in [4.69, 9.17) is 4.74 Å². The molecule has 1 aliphatic heterocycles. The number of anilines is 3. The van der Waals surface area contributed by atoms with Gasteiger partial charge < -0.3 is 15.4 Å². The van der Waals surface area contributed by atoms with Crippen molar-refractivity contribution in [2.45, 2.75) is 13.0 Å². The molecule has 1 aliphatic rings. The van der Waals surface area contributed by atoms with Gasteiger partial charge in [-0.2, -0.15) is 0 Å². The van der Waals surface area contributed by atoms with E-state index in [1.54, 1.807) is 24.3 Å². The summed E-state index contributed by atoms with van der Waals surface area (Å²) in [4.78, 5) is 36.4.